The zero-order valence-electron chi connectivity index (χ0n) is 14.8. The second kappa shape index (κ2) is 7.02. The zero-order valence-corrected chi connectivity index (χ0v) is 14.8. The molecule has 0 unspecified atom stereocenters. The Morgan fingerprint density at radius 2 is 1.56 bits per heavy atom. The highest BCUT2D eigenvalue weighted by atomic mass is 19.1. The average Bonchev–Trinajstić information content (AvgIpc) is 2.60. The lowest BCUT2D eigenvalue weighted by molar-refractivity contribution is 0.590. The van der Waals surface area contributed by atoms with Crippen LogP contribution < -0.4 is 0 Å². The Bertz CT molecular complexity index is 869. The Morgan fingerprint density at radius 3 is 2.16 bits per heavy atom. The van der Waals surface area contributed by atoms with E-state index < -0.39 is 0 Å². The number of rotatable bonds is 3. The predicted molar refractivity (Wildman–Crippen MR) is 104 cm³/mol. The molecule has 1 heterocycles. The summed E-state index contributed by atoms with van der Waals surface area (Å²) in [6, 6.07) is 19.1. The lowest BCUT2D eigenvalue weighted by Crippen LogP contribution is -2.10. The smallest absolute Gasteiger partial charge is 0.123 e. The number of halogens is 1. The molecule has 3 aromatic rings. The first kappa shape index (κ1) is 17.1. The van der Waals surface area contributed by atoms with E-state index in [4.69, 9.17) is 0 Å². The van der Waals surface area contributed by atoms with Gasteiger partial charge in [0.05, 0.1) is 5.69 Å². The van der Waals surface area contributed by atoms with Crippen molar-refractivity contribution < 1.29 is 4.39 Å². The van der Waals surface area contributed by atoms with Gasteiger partial charge in [-0.05, 0) is 40.3 Å². The van der Waals surface area contributed by atoms with Crippen molar-refractivity contribution in [2.75, 3.05) is 0 Å². The molecular formula is C23H22FN. The van der Waals surface area contributed by atoms with Crippen molar-refractivity contribution in [1.29, 1.82) is 0 Å². The van der Waals surface area contributed by atoms with Crippen molar-refractivity contribution in [3.8, 4) is 11.3 Å². The van der Waals surface area contributed by atoms with Crippen LogP contribution in [-0.2, 0) is 5.41 Å². The minimum Gasteiger partial charge on any atom is -0.256 e. The van der Waals surface area contributed by atoms with Gasteiger partial charge in [-0.3, -0.25) is 4.98 Å². The maximum atomic E-state index is 13.2. The molecule has 0 spiro atoms. The number of hydrogen-bond acceptors (Lipinski definition) is 1. The van der Waals surface area contributed by atoms with Crippen LogP contribution in [0.2, 0.25) is 0 Å². The molecule has 0 atom stereocenters. The highest BCUT2D eigenvalue weighted by molar-refractivity contribution is 5.70. The van der Waals surface area contributed by atoms with Crippen LogP contribution in [-0.4, -0.2) is 4.98 Å². The molecule has 0 fully saturated rings. The van der Waals surface area contributed by atoms with Crippen LogP contribution in [0.3, 0.4) is 0 Å². The van der Waals surface area contributed by atoms with Gasteiger partial charge in [0.15, 0.2) is 0 Å². The Balaban J connectivity index is 1.76. The normalized spacial score (nSPS) is 11.8. The molecule has 0 saturated heterocycles. The Morgan fingerprint density at radius 1 is 0.840 bits per heavy atom. The van der Waals surface area contributed by atoms with Gasteiger partial charge in [0.1, 0.15) is 5.82 Å². The summed E-state index contributed by atoms with van der Waals surface area (Å²) in [6.45, 7) is 6.62. The highest BCUT2D eigenvalue weighted by Crippen LogP contribution is 2.25. The van der Waals surface area contributed by atoms with Gasteiger partial charge in [0.25, 0.3) is 0 Å². The number of nitrogens with zero attached hydrogens (tertiary/aromatic N) is 1. The molecule has 1 nitrogen and oxygen atoms in total. The molecule has 0 N–H and O–H groups in total. The predicted octanol–water partition coefficient (Wildman–Crippen LogP) is 6.36. The van der Waals surface area contributed by atoms with E-state index in [1.165, 1.54) is 17.7 Å². The molecule has 0 aliphatic heterocycles. The second-order valence-electron chi connectivity index (χ2n) is 7.19. The third kappa shape index (κ3) is 4.42. The largest absolute Gasteiger partial charge is 0.256 e. The highest BCUT2D eigenvalue weighted by Gasteiger charge is 2.13. The minimum atomic E-state index is -0.227. The molecule has 0 aliphatic carbocycles. The maximum absolute atomic E-state index is 13.2. The fourth-order valence-electron chi connectivity index (χ4n) is 2.62. The third-order valence-electron chi connectivity index (χ3n) is 4.15. The van der Waals surface area contributed by atoms with Gasteiger partial charge >= 0.3 is 0 Å². The number of hydrogen-bond donors (Lipinski definition) is 0. The lowest BCUT2D eigenvalue weighted by atomic mass is 9.86. The van der Waals surface area contributed by atoms with Crippen molar-refractivity contribution in [3.05, 3.63) is 89.4 Å². The summed E-state index contributed by atoms with van der Waals surface area (Å²) in [6.07, 6.45) is 5.66. The first-order valence-corrected chi connectivity index (χ1v) is 8.42. The number of aromatic nitrogens is 1. The molecule has 0 aliphatic rings. The van der Waals surface area contributed by atoms with Gasteiger partial charge in [-0.1, -0.05) is 75.4 Å². The maximum Gasteiger partial charge on any atom is 0.123 e. The van der Waals surface area contributed by atoms with Crippen LogP contribution in [0.1, 0.15) is 37.5 Å². The van der Waals surface area contributed by atoms with E-state index in [0.717, 1.165) is 22.4 Å². The molecule has 2 heteroatoms. The van der Waals surface area contributed by atoms with E-state index >= 15 is 0 Å². The van der Waals surface area contributed by atoms with E-state index in [0.29, 0.717) is 0 Å². The molecule has 0 radical (unpaired) electrons. The Hall–Kier alpha value is -2.74. The van der Waals surface area contributed by atoms with Crippen LogP contribution >= 0.6 is 0 Å². The van der Waals surface area contributed by atoms with Crippen molar-refractivity contribution >= 4 is 12.2 Å². The van der Waals surface area contributed by atoms with Crippen LogP contribution in [0.5, 0.6) is 0 Å². The monoisotopic (exact) mass is 331 g/mol. The summed E-state index contributed by atoms with van der Waals surface area (Å²) < 4.78 is 13.2. The van der Waals surface area contributed by atoms with Gasteiger partial charge in [-0.2, -0.15) is 0 Å². The van der Waals surface area contributed by atoms with Crippen LogP contribution in [0.4, 0.5) is 4.39 Å². The summed E-state index contributed by atoms with van der Waals surface area (Å²) in [5.41, 5.74) is 5.33. The summed E-state index contributed by atoms with van der Waals surface area (Å²) in [5.74, 6) is -0.227. The van der Waals surface area contributed by atoms with Crippen molar-refractivity contribution in [3.63, 3.8) is 0 Å². The summed E-state index contributed by atoms with van der Waals surface area (Å²) >= 11 is 0. The molecule has 126 valence electrons. The first-order valence-electron chi connectivity index (χ1n) is 8.42. The molecule has 0 amide bonds. The molecule has 1 aromatic heterocycles. The lowest BCUT2D eigenvalue weighted by Gasteiger charge is -2.19. The molecule has 2 aromatic carbocycles. The summed E-state index contributed by atoms with van der Waals surface area (Å²) in [5, 5.41) is 0. The quantitative estimate of drug-likeness (QED) is 0.544. The van der Waals surface area contributed by atoms with E-state index in [1.807, 2.05) is 36.5 Å². The van der Waals surface area contributed by atoms with Gasteiger partial charge in [-0.25, -0.2) is 4.39 Å². The van der Waals surface area contributed by atoms with E-state index in [2.05, 4.69) is 50.0 Å². The number of pyridine rings is 1. The third-order valence-corrected chi connectivity index (χ3v) is 4.15. The number of benzene rings is 2. The van der Waals surface area contributed by atoms with Gasteiger partial charge in [0.2, 0.25) is 0 Å². The average molecular weight is 331 g/mol. The minimum absolute atomic E-state index is 0.150. The SMILES string of the molecule is CC(C)(C)c1ccc(-c2ccc(/C=C/c3cccc(F)c3)cn2)cc1. The first-order chi connectivity index (χ1) is 11.9. The summed E-state index contributed by atoms with van der Waals surface area (Å²) in [4.78, 5) is 4.55. The molecule has 0 saturated carbocycles. The summed E-state index contributed by atoms with van der Waals surface area (Å²) in [7, 11) is 0. The fraction of sp³-hybridized carbons (Fsp3) is 0.174. The van der Waals surface area contributed by atoms with E-state index in [1.54, 1.807) is 6.07 Å². The molecule has 3 rings (SSSR count). The van der Waals surface area contributed by atoms with E-state index in [9.17, 15) is 4.39 Å². The Labute approximate surface area is 148 Å². The zero-order chi connectivity index (χ0) is 17.9. The van der Waals surface area contributed by atoms with Crippen LogP contribution in [0.25, 0.3) is 23.4 Å². The van der Waals surface area contributed by atoms with E-state index in [-0.39, 0.29) is 11.2 Å². The van der Waals surface area contributed by atoms with Crippen molar-refractivity contribution in [2.24, 2.45) is 0 Å². The van der Waals surface area contributed by atoms with Crippen LogP contribution in [0, 0.1) is 5.82 Å². The van der Waals surface area contributed by atoms with Gasteiger partial charge in [-0.15, -0.1) is 0 Å². The van der Waals surface area contributed by atoms with Crippen molar-refractivity contribution in [2.45, 2.75) is 26.2 Å². The fourth-order valence-corrected chi connectivity index (χ4v) is 2.62. The Kier molecular flexibility index (Phi) is 4.80. The van der Waals surface area contributed by atoms with Gasteiger partial charge in [0, 0.05) is 11.8 Å². The standard InChI is InChI=1S/C23H22FN/c1-23(2,3)20-12-10-19(11-13-20)22-14-9-18(16-25-22)8-7-17-5-4-6-21(24)15-17/h4-16H,1-3H3/b8-7+. The molecule has 0 bridgehead atoms. The topological polar surface area (TPSA) is 12.9 Å². The van der Waals surface area contributed by atoms with Crippen LogP contribution in [0.15, 0.2) is 66.9 Å². The van der Waals surface area contributed by atoms with Gasteiger partial charge < -0.3 is 0 Å². The molecule has 25 heavy (non-hydrogen) atoms. The molecular weight excluding hydrogens is 309 g/mol. The van der Waals surface area contributed by atoms with Crippen molar-refractivity contribution in [1.82, 2.24) is 4.98 Å². The second-order valence-corrected chi connectivity index (χ2v) is 7.19.